The van der Waals surface area contributed by atoms with Gasteiger partial charge in [-0.2, -0.15) is 5.10 Å². The first-order valence-electron chi connectivity index (χ1n) is 10.9. The molecule has 1 heterocycles. The van der Waals surface area contributed by atoms with E-state index in [1.54, 1.807) is 0 Å². The van der Waals surface area contributed by atoms with Gasteiger partial charge in [-0.05, 0) is 32.9 Å². The molecule has 4 rings (SSSR count). The molecule has 3 aromatic carbocycles. The average Bonchev–Trinajstić information content (AvgIpc) is 3.09. The van der Waals surface area contributed by atoms with Crippen molar-refractivity contribution in [1.29, 1.82) is 0 Å². The quantitative estimate of drug-likeness (QED) is 0.468. The normalized spacial score (nSPS) is 11.0. The predicted octanol–water partition coefficient (Wildman–Crippen LogP) is 4.09. The zero-order valence-electron chi connectivity index (χ0n) is 18.7. The summed E-state index contributed by atoms with van der Waals surface area (Å²) >= 11 is 0. The molecule has 0 bridgehead atoms. The second-order valence-corrected chi connectivity index (χ2v) is 8.08. The highest BCUT2D eigenvalue weighted by Gasteiger charge is 2.20. The van der Waals surface area contributed by atoms with Gasteiger partial charge in [0.15, 0.2) is 6.54 Å². The zero-order valence-corrected chi connectivity index (χ0v) is 18.7. The zero-order chi connectivity index (χ0) is 22.5. The number of carbonyl (C=O) groups excluding carboxylic acids is 1. The van der Waals surface area contributed by atoms with Crippen LogP contribution >= 0.6 is 0 Å². The summed E-state index contributed by atoms with van der Waals surface area (Å²) in [5.74, 6) is -0.0449. The maximum atomic E-state index is 12.9. The topological polar surface area (TPSA) is 63.5 Å². The molecule has 0 saturated carbocycles. The Morgan fingerprint density at radius 1 is 0.875 bits per heavy atom. The third-order valence-corrected chi connectivity index (χ3v) is 5.69. The van der Waals surface area contributed by atoms with E-state index in [1.807, 2.05) is 67.1 Å². The fourth-order valence-corrected chi connectivity index (χ4v) is 3.96. The van der Waals surface area contributed by atoms with E-state index >= 15 is 0 Å². The van der Waals surface area contributed by atoms with Gasteiger partial charge in [-0.25, -0.2) is 4.68 Å². The Morgan fingerprint density at radius 2 is 1.44 bits per heavy atom. The van der Waals surface area contributed by atoms with E-state index in [1.165, 1.54) is 16.7 Å². The Bertz CT molecular complexity index is 1140. The molecule has 3 N–H and O–H groups in total. The van der Waals surface area contributed by atoms with Gasteiger partial charge in [0.05, 0.1) is 22.8 Å². The number of amides is 1. The van der Waals surface area contributed by atoms with E-state index < -0.39 is 0 Å². The summed E-state index contributed by atoms with van der Waals surface area (Å²) in [5.41, 5.74) is 7.03. The number of nitrogens with one attached hydrogen (secondary N) is 1. The van der Waals surface area contributed by atoms with E-state index in [0.717, 1.165) is 22.8 Å². The van der Waals surface area contributed by atoms with Crippen LogP contribution in [0.1, 0.15) is 34.1 Å². The van der Waals surface area contributed by atoms with Gasteiger partial charge in [0.2, 0.25) is 0 Å². The molecular weight excluding hydrogens is 396 g/mol. The van der Waals surface area contributed by atoms with E-state index in [4.69, 9.17) is 0 Å². The van der Waals surface area contributed by atoms with Gasteiger partial charge in [-0.3, -0.25) is 4.79 Å². The number of quaternary nitrogens is 1. The third kappa shape index (κ3) is 4.79. The number of anilines is 1. The van der Waals surface area contributed by atoms with Gasteiger partial charge < -0.3 is 10.6 Å². The van der Waals surface area contributed by atoms with Crippen LogP contribution in [0.3, 0.4) is 0 Å². The summed E-state index contributed by atoms with van der Waals surface area (Å²) in [5, 5.41) is 9.81. The van der Waals surface area contributed by atoms with Crippen molar-refractivity contribution >= 4 is 11.6 Å². The second kappa shape index (κ2) is 9.62. The molecule has 0 saturated heterocycles. The van der Waals surface area contributed by atoms with Gasteiger partial charge in [0.1, 0.15) is 6.04 Å². The van der Waals surface area contributed by atoms with Crippen molar-refractivity contribution in [2.24, 2.45) is 0 Å². The van der Waals surface area contributed by atoms with Crippen molar-refractivity contribution in [3.63, 3.8) is 0 Å². The second-order valence-electron chi connectivity index (χ2n) is 8.08. The van der Waals surface area contributed by atoms with Crippen LogP contribution in [0.4, 0.5) is 5.69 Å². The van der Waals surface area contributed by atoms with Crippen molar-refractivity contribution in [3.05, 3.63) is 113 Å². The van der Waals surface area contributed by atoms with Crippen LogP contribution in [0.15, 0.2) is 84.9 Å². The van der Waals surface area contributed by atoms with Crippen LogP contribution in [-0.2, 0) is 4.79 Å². The van der Waals surface area contributed by atoms with Crippen molar-refractivity contribution in [3.8, 4) is 5.69 Å². The number of carbonyl (C=O) groups is 1. The van der Waals surface area contributed by atoms with Crippen LogP contribution in [0.2, 0.25) is 0 Å². The number of nitrogens with zero attached hydrogens (tertiary/aromatic N) is 2. The number of nitrogens with two attached hydrogens (primary N) is 1. The first kappa shape index (κ1) is 21.5. The highest BCUT2D eigenvalue weighted by Crippen LogP contribution is 2.23. The largest absolute Gasteiger partial charge is 0.328 e. The van der Waals surface area contributed by atoms with Crippen LogP contribution in [0.25, 0.3) is 5.69 Å². The third-order valence-electron chi connectivity index (χ3n) is 5.69. The number of benzene rings is 3. The molecule has 162 valence electrons. The summed E-state index contributed by atoms with van der Waals surface area (Å²) in [6, 6.07) is 28.8. The first-order valence-corrected chi connectivity index (χ1v) is 10.9. The molecule has 5 heteroatoms. The molecule has 0 spiro atoms. The molecule has 0 aliphatic rings. The van der Waals surface area contributed by atoms with Gasteiger partial charge in [0, 0.05) is 11.1 Å². The van der Waals surface area contributed by atoms with Crippen molar-refractivity contribution < 1.29 is 10.1 Å². The van der Waals surface area contributed by atoms with Crippen LogP contribution in [-0.4, -0.2) is 22.2 Å². The number of hydrogen-bond acceptors (Lipinski definition) is 2. The lowest BCUT2D eigenvalue weighted by Crippen LogP contribution is -2.87. The summed E-state index contributed by atoms with van der Waals surface area (Å²) < 4.78 is 1.88. The molecule has 0 atom stereocenters. The monoisotopic (exact) mass is 425 g/mol. The molecule has 5 nitrogen and oxygen atoms in total. The molecule has 0 fully saturated rings. The SMILES string of the molecule is Cc1ccc(-n2nc(C)c(NC(=O)C[NH2+]C(c3ccccc3)c3ccccc3)c2C)cc1. The highest BCUT2D eigenvalue weighted by atomic mass is 16.1. The van der Waals surface area contributed by atoms with Gasteiger partial charge in [-0.15, -0.1) is 0 Å². The van der Waals surface area contributed by atoms with Crippen molar-refractivity contribution in [1.82, 2.24) is 9.78 Å². The predicted molar refractivity (Wildman–Crippen MR) is 128 cm³/mol. The molecule has 32 heavy (non-hydrogen) atoms. The summed E-state index contributed by atoms with van der Waals surface area (Å²) in [6.07, 6.45) is 0. The van der Waals surface area contributed by atoms with E-state index in [-0.39, 0.29) is 11.9 Å². The Morgan fingerprint density at radius 3 is 2.00 bits per heavy atom. The Hall–Kier alpha value is -3.70. The number of rotatable bonds is 7. The molecule has 1 amide bonds. The fraction of sp³-hybridized carbons (Fsp3) is 0.185. The fourth-order valence-electron chi connectivity index (χ4n) is 3.96. The Kier molecular flexibility index (Phi) is 6.47. The van der Waals surface area contributed by atoms with E-state index in [2.05, 4.69) is 59.1 Å². The molecular formula is C27H29N4O+. The van der Waals surface area contributed by atoms with Crippen LogP contribution in [0.5, 0.6) is 0 Å². The molecule has 4 aromatic rings. The lowest BCUT2D eigenvalue weighted by molar-refractivity contribution is -0.676. The number of aryl methyl sites for hydroxylation is 2. The first-order chi connectivity index (χ1) is 15.5. The maximum absolute atomic E-state index is 12.9. The lowest BCUT2D eigenvalue weighted by Gasteiger charge is -2.16. The molecule has 0 aliphatic carbocycles. The highest BCUT2D eigenvalue weighted by molar-refractivity contribution is 5.92. The lowest BCUT2D eigenvalue weighted by atomic mass is 9.99. The molecule has 0 aliphatic heterocycles. The van der Waals surface area contributed by atoms with Gasteiger partial charge in [-0.1, -0.05) is 78.4 Å². The van der Waals surface area contributed by atoms with Crippen molar-refractivity contribution in [2.75, 3.05) is 11.9 Å². The Balaban J connectivity index is 1.49. The maximum Gasteiger partial charge on any atom is 0.279 e. The summed E-state index contributed by atoms with van der Waals surface area (Å²) in [7, 11) is 0. The van der Waals surface area contributed by atoms with Crippen LogP contribution < -0.4 is 10.6 Å². The van der Waals surface area contributed by atoms with Crippen LogP contribution in [0, 0.1) is 20.8 Å². The smallest absolute Gasteiger partial charge is 0.279 e. The average molecular weight is 426 g/mol. The van der Waals surface area contributed by atoms with Crippen molar-refractivity contribution in [2.45, 2.75) is 26.8 Å². The van der Waals surface area contributed by atoms with E-state index in [0.29, 0.717) is 6.54 Å². The molecule has 0 radical (unpaired) electrons. The number of hydrogen-bond donors (Lipinski definition) is 2. The van der Waals surface area contributed by atoms with Gasteiger partial charge in [0.25, 0.3) is 5.91 Å². The standard InChI is InChI=1S/C27H28N4O/c1-19-14-16-24(17-15-19)31-21(3)26(20(2)30-31)29-25(32)18-28-27(22-10-6-4-7-11-22)23-12-8-5-9-13-23/h4-17,27-28H,18H2,1-3H3,(H,29,32)/p+1. The van der Waals surface area contributed by atoms with E-state index in [9.17, 15) is 4.79 Å². The summed E-state index contributed by atoms with van der Waals surface area (Å²) in [4.78, 5) is 12.9. The molecule has 0 unspecified atom stereocenters. The molecule has 1 aromatic heterocycles. The van der Waals surface area contributed by atoms with Gasteiger partial charge >= 0.3 is 0 Å². The minimum absolute atomic E-state index is 0.0449. The number of aromatic nitrogens is 2. The summed E-state index contributed by atoms with van der Waals surface area (Å²) in [6.45, 7) is 6.28. The Labute approximate surface area is 189 Å². The minimum Gasteiger partial charge on any atom is -0.328 e. The minimum atomic E-state index is -0.0449.